The summed E-state index contributed by atoms with van der Waals surface area (Å²) in [5, 5.41) is 0. The summed E-state index contributed by atoms with van der Waals surface area (Å²) in [6.07, 6.45) is 0.492. The zero-order valence-corrected chi connectivity index (χ0v) is 12.9. The van der Waals surface area contributed by atoms with Crippen LogP contribution >= 0.6 is 0 Å². The van der Waals surface area contributed by atoms with Gasteiger partial charge in [-0.3, -0.25) is 4.79 Å². The summed E-state index contributed by atoms with van der Waals surface area (Å²) in [6, 6.07) is 13.7. The predicted octanol–water partition coefficient (Wildman–Crippen LogP) is 3.54. The van der Waals surface area contributed by atoms with Crippen LogP contribution in [0.25, 0.3) is 0 Å². The number of hydrogen-bond acceptors (Lipinski definition) is 2. The highest BCUT2D eigenvalue weighted by Crippen LogP contribution is 2.14. The van der Waals surface area contributed by atoms with Crippen LogP contribution in [0.4, 0.5) is 4.39 Å². The molecule has 3 nitrogen and oxygen atoms in total. The summed E-state index contributed by atoms with van der Waals surface area (Å²) in [6.45, 7) is 2.97. The summed E-state index contributed by atoms with van der Waals surface area (Å²) in [5.41, 5.74) is 1.22. The monoisotopic (exact) mass is 301 g/mol. The molecule has 0 spiro atoms. The molecule has 2 rings (SSSR count). The van der Waals surface area contributed by atoms with Crippen LogP contribution in [0.2, 0.25) is 0 Å². The Morgan fingerprint density at radius 1 is 1.14 bits per heavy atom. The number of benzene rings is 2. The van der Waals surface area contributed by atoms with Crippen molar-refractivity contribution in [1.82, 2.24) is 4.90 Å². The van der Waals surface area contributed by atoms with Gasteiger partial charge in [0.2, 0.25) is 0 Å². The predicted molar refractivity (Wildman–Crippen MR) is 84.7 cm³/mol. The summed E-state index contributed by atoms with van der Waals surface area (Å²) < 4.78 is 18.9. The van der Waals surface area contributed by atoms with Gasteiger partial charge in [0.05, 0.1) is 6.61 Å². The first-order valence-electron chi connectivity index (χ1n) is 7.33. The number of likely N-dealkylation sites (N-methyl/N-ethyl adjacent to an activating group) is 1. The fourth-order valence-electron chi connectivity index (χ4n) is 2.17. The zero-order chi connectivity index (χ0) is 15.9. The van der Waals surface area contributed by atoms with Gasteiger partial charge in [0, 0.05) is 19.2 Å². The number of hydrogen-bond donors (Lipinski definition) is 0. The van der Waals surface area contributed by atoms with Gasteiger partial charge in [-0.05, 0) is 49.2 Å². The van der Waals surface area contributed by atoms with Crippen molar-refractivity contribution in [1.29, 1.82) is 0 Å². The molecule has 0 saturated heterocycles. The number of halogens is 1. The number of nitrogens with zero attached hydrogens (tertiary/aromatic N) is 1. The highest BCUT2D eigenvalue weighted by Gasteiger charge is 2.12. The van der Waals surface area contributed by atoms with Crippen LogP contribution in [0.1, 0.15) is 22.8 Å². The Balaban J connectivity index is 1.95. The number of rotatable bonds is 6. The molecular formula is C18H20FNO2. The van der Waals surface area contributed by atoms with Gasteiger partial charge in [-0.15, -0.1) is 0 Å². The fraction of sp³-hybridized carbons (Fsp3) is 0.278. The van der Waals surface area contributed by atoms with Crippen molar-refractivity contribution >= 4 is 5.91 Å². The third kappa shape index (κ3) is 4.07. The fourth-order valence-corrected chi connectivity index (χ4v) is 2.17. The molecule has 0 N–H and O–H groups in total. The first-order chi connectivity index (χ1) is 10.6. The molecule has 2 aromatic rings. The van der Waals surface area contributed by atoms with E-state index in [-0.39, 0.29) is 11.7 Å². The van der Waals surface area contributed by atoms with Crippen molar-refractivity contribution in [2.24, 2.45) is 0 Å². The maximum Gasteiger partial charge on any atom is 0.253 e. The Labute approximate surface area is 130 Å². The number of amides is 1. The molecular weight excluding hydrogens is 281 g/mol. The highest BCUT2D eigenvalue weighted by atomic mass is 19.1. The van der Waals surface area contributed by atoms with Crippen LogP contribution in [0.5, 0.6) is 5.75 Å². The van der Waals surface area contributed by atoms with Crippen LogP contribution in [-0.4, -0.2) is 31.0 Å². The van der Waals surface area contributed by atoms with Crippen molar-refractivity contribution in [2.75, 3.05) is 20.2 Å². The van der Waals surface area contributed by atoms with Crippen molar-refractivity contribution < 1.29 is 13.9 Å². The minimum atomic E-state index is -0.232. The molecule has 116 valence electrons. The molecule has 0 fully saturated rings. The van der Waals surface area contributed by atoms with Crippen molar-refractivity contribution in [3.8, 4) is 5.75 Å². The Kier molecular flexibility index (Phi) is 5.53. The lowest BCUT2D eigenvalue weighted by Crippen LogP contribution is -2.29. The third-order valence-electron chi connectivity index (χ3n) is 3.43. The molecule has 0 unspecified atom stereocenters. The SMILES string of the molecule is CCOc1ccc(C(=O)N(C)CCc2ccccc2F)cc1. The van der Waals surface area contributed by atoms with Gasteiger partial charge >= 0.3 is 0 Å². The minimum Gasteiger partial charge on any atom is -0.494 e. The van der Waals surface area contributed by atoms with Crippen molar-refractivity contribution in [2.45, 2.75) is 13.3 Å². The maximum atomic E-state index is 13.6. The van der Waals surface area contributed by atoms with E-state index in [1.807, 2.05) is 6.92 Å². The largest absolute Gasteiger partial charge is 0.494 e. The lowest BCUT2D eigenvalue weighted by Gasteiger charge is -2.17. The second kappa shape index (κ2) is 7.59. The normalized spacial score (nSPS) is 10.3. The molecule has 2 aromatic carbocycles. The Morgan fingerprint density at radius 2 is 1.82 bits per heavy atom. The highest BCUT2D eigenvalue weighted by molar-refractivity contribution is 5.94. The molecule has 0 aromatic heterocycles. The first-order valence-corrected chi connectivity index (χ1v) is 7.33. The van der Waals surface area contributed by atoms with E-state index in [9.17, 15) is 9.18 Å². The lowest BCUT2D eigenvalue weighted by atomic mass is 10.1. The topological polar surface area (TPSA) is 29.5 Å². The molecule has 0 aliphatic rings. The molecule has 0 atom stereocenters. The van der Waals surface area contributed by atoms with E-state index < -0.39 is 0 Å². The van der Waals surface area contributed by atoms with Gasteiger partial charge in [-0.1, -0.05) is 18.2 Å². The molecule has 0 bridgehead atoms. The van der Waals surface area contributed by atoms with E-state index in [1.165, 1.54) is 6.07 Å². The van der Waals surface area contributed by atoms with Gasteiger partial charge in [-0.25, -0.2) is 4.39 Å². The van der Waals surface area contributed by atoms with Crippen LogP contribution in [0, 0.1) is 5.82 Å². The number of carbonyl (C=O) groups is 1. The van der Waals surface area contributed by atoms with Crippen molar-refractivity contribution in [3.63, 3.8) is 0 Å². The molecule has 0 radical (unpaired) electrons. The Morgan fingerprint density at radius 3 is 2.45 bits per heavy atom. The summed E-state index contributed by atoms with van der Waals surface area (Å²) in [4.78, 5) is 13.9. The van der Waals surface area contributed by atoms with Gasteiger partial charge in [0.15, 0.2) is 0 Å². The van der Waals surface area contributed by atoms with Crippen LogP contribution < -0.4 is 4.74 Å². The van der Waals surface area contributed by atoms with Gasteiger partial charge in [0.25, 0.3) is 5.91 Å². The number of carbonyl (C=O) groups excluding carboxylic acids is 1. The molecule has 0 aliphatic heterocycles. The van der Waals surface area contributed by atoms with E-state index in [0.717, 1.165) is 5.75 Å². The quantitative estimate of drug-likeness (QED) is 0.817. The lowest BCUT2D eigenvalue weighted by molar-refractivity contribution is 0.0796. The smallest absolute Gasteiger partial charge is 0.253 e. The molecule has 22 heavy (non-hydrogen) atoms. The summed E-state index contributed by atoms with van der Waals surface area (Å²) in [7, 11) is 1.72. The second-order valence-corrected chi connectivity index (χ2v) is 5.03. The zero-order valence-electron chi connectivity index (χ0n) is 12.9. The van der Waals surface area contributed by atoms with E-state index in [0.29, 0.717) is 30.7 Å². The maximum absolute atomic E-state index is 13.6. The summed E-state index contributed by atoms with van der Waals surface area (Å²) >= 11 is 0. The van der Waals surface area contributed by atoms with Gasteiger partial charge < -0.3 is 9.64 Å². The molecule has 1 amide bonds. The standard InChI is InChI=1S/C18H20FNO2/c1-3-22-16-10-8-15(9-11-16)18(21)20(2)13-12-14-6-4-5-7-17(14)19/h4-11H,3,12-13H2,1-2H3. The minimum absolute atomic E-state index is 0.0839. The van der Waals surface area contributed by atoms with E-state index in [1.54, 1.807) is 54.4 Å². The molecule has 0 aliphatic carbocycles. The van der Waals surface area contributed by atoms with Gasteiger partial charge in [-0.2, -0.15) is 0 Å². The van der Waals surface area contributed by atoms with E-state index in [2.05, 4.69) is 0 Å². The summed E-state index contributed by atoms with van der Waals surface area (Å²) in [5.74, 6) is 0.428. The Bertz CT molecular complexity index is 625. The Hall–Kier alpha value is -2.36. The van der Waals surface area contributed by atoms with E-state index in [4.69, 9.17) is 4.74 Å². The van der Waals surface area contributed by atoms with Gasteiger partial charge in [0.1, 0.15) is 11.6 Å². The first kappa shape index (κ1) is 16.0. The average Bonchev–Trinajstić information content (AvgIpc) is 2.54. The van der Waals surface area contributed by atoms with Crippen LogP contribution in [0.3, 0.4) is 0 Å². The van der Waals surface area contributed by atoms with E-state index >= 15 is 0 Å². The van der Waals surface area contributed by atoms with Crippen LogP contribution in [-0.2, 0) is 6.42 Å². The molecule has 0 heterocycles. The van der Waals surface area contributed by atoms with Crippen molar-refractivity contribution in [3.05, 3.63) is 65.5 Å². The average molecular weight is 301 g/mol. The number of ether oxygens (including phenoxy) is 1. The van der Waals surface area contributed by atoms with Crippen LogP contribution in [0.15, 0.2) is 48.5 Å². The molecule has 4 heteroatoms. The third-order valence-corrected chi connectivity index (χ3v) is 3.43. The molecule has 0 saturated carbocycles. The second-order valence-electron chi connectivity index (χ2n) is 5.03.